The van der Waals surface area contributed by atoms with Crippen LogP contribution in [0.2, 0.25) is 0 Å². The lowest BCUT2D eigenvalue weighted by Gasteiger charge is -2.35. The first kappa shape index (κ1) is 18.1. The molecule has 5 rings (SSSR count). The Bertz CT molecular complexity index is 997. The highest BCUT2D eigenvalue weighted by molar-refractivity contribution is 5.81. The highest BCUT2D eigenvalue weighted by atomic mass is 15.3. The number of piperidine rings is 1. The van der Waals surface area contributed by atoms with E-state index < -0.39 is 0 Å². The second kappa shape index (κ2) is 7.48. The molecule has 0 bridgehead atoms. The number of hydrogen-bond donors (Lipinski definition) is 2. The summed E-state index contributed by atoms with van der Waals surface area (Å²) in [5, 5.41) is 3.63. The molecule has 3 heterocycles. The second-order valence-electron chi connectivity index (χ2n) is 8.26. The number of anilines is 2. The molecule has 2 fully saturated rings. The smallest absolute Gasteiger partial charge is 0.225 e. The Morgan fingerprint density at radius 3 is 2.55 bits per heavy atom. The molecular weight excluding hydrogens is 358 g/mol. The highest BCUT2D eigenvalue weighted by Gasteiger charge is 2.33. The summed E-state index contributed by atoms with van der Waals surface area (Å²) in [5.41, 5.74) is 12.1. The third-order valence-corrected chi connectivity index (χ3v) is 6.26. The topological polar surface area (TPSA) is 67.1 Å². The lowest BCUT2D eigenvalue weighted by atomic mass is 9.93. The molecule has 0 spiro atoms. The average molecular weight is 386 g/mol. The molecule has 5 nitrogen and oxygen atoms in total. The van der Waals surface area contributed by atoms with Gasteiger partial charge < -0.3 is 16.0 Å². The van der Waals surface area contributed by atoms with E-state index in [-0.39, 0.29) is 0 Å². The summed E-state index contributed by atoms with van der Waals surface area (Å²) >= 11 is 0. The minimum atomic E-state index is 0.662. The molecule has 3 aromatic rings. The monoisotopic (exact) mass is 385 g/mol. The van der Waals surface area contributed by atoms with Crippen molar-refractivity contribution in [3.05, 3.63) is 60.3 Å². The third kappa shape index (κ3) is 3.58. The fraction of sp³-hybridized carbons (Fsp3) is 0.333. The van der Waals surface area contributed by atoms with Crippen LogP contribution in [0.15, 0.2) is 54.7 Å². The van der Waals surface area contributed by atoms with Crippen LogP contribution in [0.5, 0.6) is 0 Å². The van der Waals surface area contributed by atoms with Crippen LogP contribution in [0.1, 0.15) is 18.4 Å². The van der Waals surface area contributed by atoms with Crippen LogP contribution in [0.3, 0.4) is 0 Å². The lowest BCUT2D eigenvalue weighted by Crippen LogP contribution is -2.45. The molecule has 2 unspecified atom stereocenters. The van der Waals surface area contributed by atoms with Crippen molar-refractivity contribution in [3.8, 4) is 22.4 Å². The molecular formula is C24H27N5. The zero-order chi connectivity index (χ0) is 19.8. The fourth-order valence-corrected chi connectivity index (χ4v) is 4.56. The van der Waals surface area contributed by atoms with Gasteiger partial charge in [0.2, 0.25) is 5.95 Å². The quantitative estimate of drug-likeness (QED) is 0.670. The van der Waals surface area contributed by atoms with Gasteiger partial charge in [-0.25, -0.2) is 9.97 Å². The molecule has 0 aliphatic carbocycles. The van der Waals surface area contributed by atoms with Crippen LogP contribution in [0, 0.1) is 12.8 Å². The van der Waals surface area contributed by atoms with E-state index in [1.807, 2.05) is 30.5 Å². The summed E-state index contributed by atoms with van der Waals surface area (Å²) in [4.78, 5) is 12.2. The van der Waals surface area contributed by atoms with Crippen LogP contribution in [-0.2, 0) is 0 Å². The molecule has 2 aliphatic rings. The van der Waals surface area contributed by atoms with E-state index in [2.05, 4.69) is 41.4 Å². The largest absolute Gasteiger partial charge is 0.399 e. The first-order valence-corrected chi connectivity index (χ1v) is 10.5. The number of benzene rings is 2. The first-order valence-electron chi connectivity index (χ1n) is 10.5. The standard InChI is InChI=1S/C24H27N5/c1-16-2-4-17(5-3-16)21-14-27-24(28-23(21)18-6-8-20(25)9-7-18)29-13-11-22-19(15-29)10-12-26-22/h2-9,14,19,22,26H,10-13,15,25H2,1H3. The highest BCUT2D eigenvalue weighted by Crippen LogP contribution is 2.33. The molecule has 2 aliphatic heterocycles. The lowest BCUT2D eigenvalue weighted by molar-refractivity contribution is 0.373. The van der Waals surface area contributed by atoms with Crippen molar-refractivity contribution in [3.63, 3.8) is 0 Å². The number of hydrogen-bond acceptors (Lipinski definition) is 5. The predicted molar refractivity (Wildman–Crippen MR) is 119 cm³/mol. The normalized spacial score (nSPS) is 21.2. The summed E-state index contributed by atoms with van der Waals surface area (Å²) in [5.74, 6) is 1.53. The molecule has 148 valence electrons. The van der Waals surface area contributed by atoms with Gasteiger partial charge in [0.25, 0.3) is 0 Å². The molecule has 2 saturated heterocycles. The number of aryl methyl sites for hydroxylation is 1. The van der Waals surface area contributed by atoms with Gasteiger partial charge in [-0.3, -0.25) is 0 Å². The average Bonchev–Trinajstić information content (AvgIpc) is 3.22. The number of fused-ring (bicyclic) bond motifs is 1. The van der Waals surface area contributed by atoms with E-state index >= 15 is 0 Å². The van der Waals surface area contributed by atoms with Gasteiger partial charge in [0.15, 0.2) is 0 Å². The van der Waals surface area contributed by atoms with Crippen molar-refractivity contribution in [2.24, 2.45) is 5.92 Å². The van der Waals surface area contributed by atoms with Crippen molar-refractivity contribution in [2.75, 3.05) is 30.3 Å². The van der Waals surface area contributed by atoms with E-state index in [0.717, 1.165) is 60.1 Å². The number of nitrogens with one attached hydrogen (secondary N) is 1. The Labute approximate surface area is 172 Å². The minimum Gasteiger partial charge on any atom is -0.399 e. The summed E-state index contributed by atoms with van der Waals surface area (Å²) in [6, 6.07) is 17.2. The van der Waals surface area contributed by atoms with Gasteiger partial charge in [0.05, 0.1) is 5.69 Å². The van der Waals surface area contributed by atoms with E-state index in [1.54, 1.807) is 0 Å². The number of rotatable bonds is 3. The van der Waals surface area contributed by atoms with Crippen LogP contribution < -0.4 is 16.0 Å². The van der Waals surface area contributed by atoms with Gasteiger partial charge in [-0.2, -0.15) is 0 Å². The molecule has 1 aromatic heterocycles. The van der Waals surface area contributed by atoms with Gasteiger partial charge in [-0.05, 0) is 49.9 Å². The Morgan fingerprint density at radius 1 is 1.00 bits per heavy atom. The number of nitrogen functional groups attached to an aromatic ring is 1. The number of aromatic nitrogens is 2. The van der Waals surface area contributed by atoms with Crippen molar-refractivity contribution in [2.45, 2.75) is 25.8 Å². The Balaban J connectivity index is 1.55. The van der Waals surface area contributed by atoms with Gasteiger partial charge in [0, 0.05) is 42.1 Å². The Hall–Kier alpha value is -2.92. The number of nitrogens with two attached hydrogens (primary N) is 1. The van der Waals surface area contributed by atoms with Crippen molar-refractivity contribution >= 4 is 11.6 Å². The third-order valence-electron chi connectivity index (χ3n) is 6.26. The zero-order valence-electron chi connectivity index (χ0n) is 16.8. The molecule has 2 aromatic carbocycles. The molecule has 3 N–H and O–H groups in total. The fourth-order valence-electron chi connectivity index (χ4n) is 4.56. The van der Waals surface area contributed by atoms with Crippen LogP contribution in [0.25, 0.3) is 22.4 Å². The Morgan fingerprint density at radius 2 is 1.76 bits per heavy atom. The van der Waals surface area contributed by atoms with E-state index in [4.69, 9.17) is 15.7 Å². The van der Waals surface area contributed by atoms with Gasteiger partial charge in [-0.15, -0.1) is 0 Å². The van der Waals surface area contributed by atoms with Crippen LogP contribution in [0.4, 0.5) is 11.6 Å². The predicted octanol–water partition coefficient (Wildman–Crippen LogP) is 3.89. The van der Waals surface area contributed by atoms with Gasteiger partial charge in [-0.1, -0.05) is 42.0 Å². The van der Waals surface area contributed by atoms with E-state index in [1.165, 1.54) is 12.0 Å². The second-order valence-corrected chi connectivity index (χ2v) is 8.26. The van der Waals surface area contributed by atoms with E-state index in [9.17, 15) is 0 Å². The van der Waals surface area contributed by atoms with Crippen LogP contribution >= 0.6 is 0 Å². The maximum atomic E-state index is 5.92. The molecule has 29 heavy (non-hydrogen) atoms. The zero-order valence-corrected chi connectivity index (χ0v) is 16.8. The summed E-state index contributed by atoms with van der Waals surface area (Å²) in [6.07, 6.45) is 4.38. The minimum absolute atomic E-state index is 0.662. The molecule has 5 heteroatoms. The van der Waals surface area contributed by atoms with Crippen molar-refractivity contribution in [1.29, 1.82) is 0 Å². The number of nitrogens with zero attached hydrogens (tertiary/aromatic N) is 3. The van der Waals surface area contributed by atoms with Gasteiger partial charge in [0.1, 0.15) is 0 Å². The summed E-state index contributed by atoms with van der Waals surface area (Å²) < 4.78 is 0. The molecule has 0 saturated carbocycles. The van der Waals surface area contributed by atoms with Crippen molar-refractivity contribution in [1.82, 2.24) is 15.3 Å². The maximum absolute atomic E-state index is 5.92. The summed E-state index contributed by atoms with van der Waals surface area (Å²) in [7, 11) is 0. The Kier molecular flexibility index (Phi) is 4.68. The van der Waals surface area contributed by atoms with Crippen LogP contribution in [-0.4, -0.2) is 35.6 Å². The maximum Gasteiger partial charge on any atom is 0.225 e. The van der Waals surface area contributed by atoms with E-state index in [0.29, 0.717) is 12.0 Å². The first-order chi connectivity index (χ1) is 14.2. The van der Waals surface area contributed by atoms with Crippen molar-refractivity contribution < 1.29 is 0 Å². The van der Waals surface area contributed by atoms with Gasteiger partial charge >= 0.3 is 0 Å². The molecule has 2 atom stereocenters. The summed E-state index contributed by atoms with van der Waals surface area (Å²) in [6.45, 7) is 5.26. The molecule has 0 amide bonds. The molecule has 0 radical (unpaired) electrons. The SMILES string of the molecule is Cc1ccc(-c2cnc(N3CCC4NCCC4C3)nc2-c2ccc(N)cc2)cc1.